The molecule has 0 heterocycles. The molecule has 0 aliphatic rings. The van der Waals surface area contributed by atoms with Crippen molar-refractivity contribution < 1.29 is 4.79 Å². The summed E-state index contributed by atoms with van der Waals surface area (Å²) in [7, 11) is 0. The molecule has 0 aromatic heterocycles. The molecule has 0 aliphatic carbocycles. The van der Waals surface area contributed by atoms with Gasteiger partial charge in [-0.3, -0.25) is 4.79 Å². The Balaban J connectivity index is 0.00000312. The number of halogens is 2. The van der Waals surface area contributed by atoms with E-state index < -0.39 is 0 Å². The molecule has 0 fully saturated rings. The fourth-order valence-electron chi connectivity index (χ4n) is 2.00. The van der Waals surface area contributed by atoms with Gasteiger partial charge in [-0.25, -0.2) is 4.99 Å². The zero-order valence-corrected chi connectivity index (χ0v) is 17.3. The monoisotopic (exact) mass is 468 g/mol. The Bertz CT molecular complexity index is 700. The molecule has 7 heteroatoms. The highest BCUT2D eigenvalue weighted by Crippen LogP contribution is 2.10. The number of amides is 1. The normalized spacial score (nSPS) is 10.7. The number of carbonyl (C=O) groups is 1. The molecular weight excluding hydrogens is 448 g/mol. The maximum absolute atomic E-state index is 11.9. The quantitative estimate of drug-likeness (QED) is 0.345. The van der Waals surface area contributed by atoms with Crippen LogP contribution in [0.2, 0.25) is 0 Å². The van der Waals surface area contributed by atoms with Crippen LogP contribution >= 0.6 is 32.9 Å². The molecule has 2 aromatic rings. The van der Waals surface area contributed by atoms with Crippen molar-refractivity contribution >= 4 is 44.8 Å². The van der Waals surface area contributed by atoms with Crippen LogP contribution in [-0.4, -0.2) is 25.0 Å². The molecule has 0 aliphatic heterocycles. The zero-order chi connectivity index (χ0) is 17.4. The summed E-state index contributed by atoms with van der Waals surface area (Å²) < 4.78 is 0.943. The van der Waals surface area contributed by atoms with Crippen LogP contribution in [0, 0.1) is 6.92 Å². The Morgan fingerprint density at radius 1 is 1.04 bits per heavy atom. The maximum Gasteiger partial charge on any atom is 0.251 e. The van der Waals surface area contributed by atoms with E-state index in [4.69, 9.17) is 5.73 Å². The van der Waals surface area contributed by atoms with E-state index in [9.17, 15) is 4.79 Å². The molecular formula is C18H22Br2N4O. The van der Waals surface area contributed by atoms with Gasteiger partial charge in [0.15, 0.2) is 5.96 Å². The first-order chi connectivity index (χ1) is 11.5. The summed E-state index contributed by atoms with van der Waals surface area (Å²) >= 11 is 3.34. The van der Waals surface area contributed by atoms with Gasteiger partial charge in [0.05, 0.1) is 6.54 Å². The minimum absolute atomic E-state index is 0. The highest BCUT2D eigenvalue weighted by Gasteiger charge is 2.03. The van der Waals surface area contributed by atoms with Crippen molar-refractivity contribution in [2.45, 2.75) is 13.5 Å². The molecule has 2 aromatic carbocycles. The largest absolute Gasteiger partial charge is 0.370 e. The van der Waals surface area contributed by atoms with Gasteiger partial charge < -0.3 is 16.4 Å². The van der Waals surface area contributed by atoms with Crippen LogP contribution in [0.3, 0.4) is 0 Å². The number of carbonyl (C=O) groups excluding carboxylic acids is 1. The number of aryl methyl sites for hydroxylation is 1. The van der Waals surface area contributed by atoms with Crippen molar-refractivity contribution in [1.82, 2.24) is 10.6 Å². The first-order valence-electron chi connectivity index (χ1n) is 7.68. The minimum atomic E-state index is -0.112. The molecule has 0 spiro atoms. The number of rotatable bonds is 6. The summed E-state index contributed by atoms with van der Waals surface area (Å²) in [6, 6.07) is 15.4. The van der Waals surface area contributed by atoms with Gasteiger partial charge in [-0.2, -0.15) is 0 Å². The van der Waals surface area contributed by atoms with Gasteiger partial charge in [0.1, 0.15) is 0 Å². The van der Waals surface area contributed by atoms with Gasteiger partial charge in [-0.05, 0) is 36.8 Å². The molecule has 25 heavy (non-hydrogen) atoms. The van der Waals surface area contributed by atoms with Crippen LogP contribution < -0.4 is 16.4 Å². The number of hydrogen-bond acceptors (Lipinski definition) is 2. The Morgan fingerprint density at radius 3 is 2.28 bits per heavy atom. The van der Waals surface area contributed by atoms with E-state index in [1.165, 1.54) is 5.56 Å². The van der Waals surface area contributed by atoms with Crippen molar-refractivity contribution in [3.63, 3.8) is 0 Å². The third-order valence-corrected chi connectivity index (χ3v) is 3.90. The maximum atomic E-state index is 11.9. The summed E-state index contributed by atoms with van der Waals surface area (Å²) in [5.41, 5.74) is 8.76. The number of aliphatic imine (C=N–C) groups is 1. The number of nitrogens with two attached hydrogens (primary N) is 1. The number of benzene rings is 2. The predicted octanol–water partition coefficient (Wildman–Crippen LogP) is 3.17. The highest BCUT2D eigenvalue weighted by atomic mass is 79.9. The highest BCUT2D eigenvalue weighted by molar-refractivity contribution is 9.10. The second-order valence-corrected chi connectivity index (χ2v) is 6.29. The fraction of sp³-hybridized carbons (Fsp3) is 0.222. The van der Waals surface area contributed by atoms with Crippen LogP contribution in [0.4, 0.5) is 0 Å². The number of guanidine groups is 1. The second-order valence-electron chi connectivity index (χ2n) is 5.38. The number of nitrogens with one attached hydrogen (secondary N) is 2. The summed E-state index contributed by atoms with van der Waals surface area (Å²) in [5.74, 6) is 0.257. The SMILES string of the molecule is Br.Cc1ccc(CN=C(N)NCCNC(=O)c2ccc(Br)cc2)cc1. The average molecular weight is 470 g/mol. The third-order valence-electron chi connectivity index (χ3n) is 3.38. The molecule has 2 rings (SSSR count). The molecule has 0 atom stereocenters. The molecule has 0 bridgehead atoms. The van der Waals surface area contributed by atoms with Crippen molar-refractivity contribution in [1.29, 1.82) is 0 Å². The summed E-state index contributed by atoms with van der Waals surface area (Å²) in [4.78, 5) is 16.2. The Kier molecular flexibility index (Phi) is 9.23. The Labute approximate surface area is 167 Å². The first-order valence-corrected chi connectivity index (χ1v) is 8.47. The molecule has 134 valence electrons. The molecule has 1 amide bonds. The lowest BCUT2D eigenvalue weighted by atomic mass is 10.1. The lowest BCUT2D eigenvalue weighted by Crippen LogP contribution is -2.38. The first kappa shape index (κ1) is 21.2. The van der Waals surface area contributed by atoms with Gasteiger partial charge in [-0.15, -0.1) is 17.0 Å². The van der Waals surface area contributed by atoms with Crippen LogP contribution in [0.25, 0.3) is 0 Å². The van der Waals surface area contributed by atoms with Crippen molar-refractivity contribution in [3.8, 4) is 0 Å². The van der Waals surface area contributed by atoms with Crippen molar-refractivity contribution in [2.24, 2.45) is 10.7 Å². The molecule has 0 unspecified atom stereocenters. The average Bonchev–Trinajstić information content (AvgIpc) is 2.58. The Hall–Kier alpha value is -1.86. The van der Waals surface area contributed by atoms with E-state index in [1.54, 1.807) is 12.1 Å². The van der Waals surface area contributed by atoms with E-state index in [0.29, 0.717) is 31.2 Å². The summed E-state index contributed by atoms with van der Waals surface area (Å²) in [6.45, 7) is 3.57. The zero-order valence-electron chi connectivity index (χ0n) is 14.0. The third kappa shape index (κ3) is 7.70. The van der Waals surface area contributed by atoms with Crippen LogP contribution in [0.1, 0.15) is 21.5 Å². The van der Waals surface area contributed by atoms with Crippen LogP contribution in [-0.2, 0) is 6.54 Å². The summed E-state index contributed by atoms with van der Waals surface area (Å²) in [6.07, 6.45) is 0. The van der Waals surface area contributed by atoms with E-state index in [0.717, 1.165) is 10.0 Å². The summed E-state index contributed by atoms with van der Waals surface area (Å²) in [5, 5.41) is 5.81. The lowest BCUT2D eigenvalue weighted by molar-refractivity contribution is 0.0954. The van der Waals surface area contributed by atoms with Gasteiger partial charge in [0.2, 0.25) is 0 Å². The predicted molar refractivity (Wildman–Crippen MR) is 111 cm³/mol. The molecule has 4 N–H and O–H groups in total. The van der Waals surface area contributed by atoms with Crippen LogP contribution in [0.5, 0.6) is 0 Å². The van der Waals surface area contributed by atoms with Crippen molar-refractivity contribution in [3.05, 3.63) is 69.7 Å². The molecule has 5 nitrogen and oxygen atoms in total. The fourth-order valence-corrected chi connectivity index (χ4v) is 2.26. The molecule has 0 saturated carbocycles. The van der Waals surface area contributed by atoms with E-state index in [1.807, 2.05) is 43.3 Å². The Morgan fingerprint density at radius 2 is 1.64 bits per heavy atom. The topological polar surface area (TPSA) is 79.5 Å². The van der Waals surface area contributed by atoms with Gasteiger partial charge in [0, 0.05) is 23.1 Å². The molecule has 0 saturated heterocycles. The standard InChI is InChI=1S/C18H21BrN4O.BrH/c1-13-2-4-14(5-3-13)12-23-18(20)22-11-10-21-17(24)15-6-8-16(19)9-7-15;/h2-9H,10-12H2,1H3,(H,21,24)(H3,20,22,23);1H. The van der Waals surface area contributed by atoms with Crippen LogP contribution in [0.15, 0.2) is 58.0 Å². The van der Waals surface area contributed by atoms with E-state index in [-0.39, 0.29) is 22.9 Å². The minimum Gasteiger partial charge on any atom is -0.370 e. The van der Waals surface area contributed by atoms with E-state index in [2.05, 4.69) is 31.6 Å². The van der Waals surface area contributed by atoms with E-state index >= 15 is 0 Å². The lowest BCUT2D eigenvalue weighted by Gasteiger charge is -2.08. The number of hydrogen-bond donors (Lipinski definition) is 3. The van der Waals surface area contributed by atoms with Gasteiger partial charge in [0.25, 0.3) is 5.91 Å². The second kappa shape index (κ2) is 10.9. The number of nitrogens with zero attached hydrogens (tertiary/aromatic N) is 1. The smallest absolute Gasteiger partial charge is 0.251 e. The van der Waals surface area contributed by atoms with Gasteiger partial charge in [-0.1, -0.05) is 45.8 Å². The molecule has 0 radical (unpaired) electrons. The van der Waals surface area contributed by atoms with Crippen molar-refractivity contribution in [2.75, 3.05) is 13.1 Å². The van der Waals surface area contributed by atoms with Gasteiger partial charge >= 0.3 is 0 Å².